The summed E-state index contributed by atoms with van der Waals surface area (Å²) in [6, 6.07) is 0.769. The Kier molecular flexibility index (Phi) is 13.7. The number of guanidine groups is 1. The summed E-state index contributed by atoms with van der Waals surface area (Å²) in [6.45, 7) is 11.1. The summed E-state index contributed by atoms with van der Waals surface area (Å²) >= 11 is 0. The SMILES string of the molecule is CCNC(=NCC(C)(O)CN1CCOCC1)NCCCN(C)C1CCCCC1.I. The number of aliphatic imine (C=N–C) groups is 1. The van der Waals surface area contributed by atoms with Crippen molar-refractivity contribution in [3.8, 4) is 0 Å². The number of hydrogen-bond acceptors (Lipinski definition) is 5. The number of aliphatic hydroxyl groups is 1. The molecule has 8 heteroatoms. The zero-order valence-corrected chi connectivity index (χ0v) is 21.1. The van der Waals surface area contributed by atoms with Gasteiger partial charge in [0.25, 0.3) is 0 Å². The first kappa shape index (κ1) is 26.9. The Morgan fingerprint density at radius 3 is 2.55 bits per heavy atom. The van der Waals surface area contributed by atoms with Gasteiger partial charge in [-0.2, -0.15) is 0 Å². The Morgan fingerprint density at radius 2 is 1.90 bits per heavy atom. The quantitative estimate of drug-likeness (QED) is 0.175. The van der Waals surface area contributed by atoms with Crippen LogP contribution in [0.1, 0.15) is 52.4 Å². The molecule has 1 unspecified atom stereocenters. The molecular formula is C21H44IN5O2. The molecule has 0 aromatic heterocycles. The number of rotatable bonds is 10. The minimum Gasteiger partial charge on any atom is -0.387 e. The monoisotopic (exact) mass is 525 g/mol. The largest absolute Gasteiger partial charge is 0.387 e. The smallest absolute Gasteiger partial charge is 0.191 e. The number of hydrogen-bond donors (Lipinski definition) is 3. The van der Waals surface area contributed by atoms with E-state index in [0.717, 1.165) is 64.4 Å². The van der Waals surface area contributed by atoms with Crippen molar-refractivity contribution in [3.05, 3.63) is 0 Å². The van der Waals surface area contributed by atoms with Gasteiger partial charge in [0, 0.05) is 38.8 Å². The third-order valence-corrected chi connectivity index (χ3v) is 5.77. The maximum atomic E-state index is 10.7. The van der Waals surface area contributed by atoms with Gasteiger partial charge in [-0.05, 0) is 46.7 Å². The highest BCUT2D eigenvalue weighted by atomic mass is 127. The highest BCUT2D eigenvalue weighted by molar-refractivity contribution is 14.0. The van der Waals surface area contributed by atoms with Gasteiger partial charge in [-0.3, -0.25) is 9.89 Å². The van der Waals surface area contributed by atoms with Crippen molar-refractivity contribution in [1.29, 1.82) is 0 Å². The van der Waals surface area contributed by atoms with E-state index in [1.807, 2.05) is 6.92 Å². The summed E-state index contributed by atoms with van der Waals surface area (Å²) < 4.78 is 5.38. The van der Waals surface area contributed by atoms with E-state index >= 15 is 0 Å². The van der Waals surface area contributed by atoms with Crippen molar-refractivity contribution in [2.75, 3.05) is 66.1 Å². The van der Waals surface area contributed by atoms with Crippen LogP contribution in [0.25, 0.3) is 0 Å². The van der Waals surface area contributed by atoms with Gasteiger partial charge >= 0.3 is 0 Å². The van der Waals surface area contributed by atoms with Gasteiger partial charge in [0.05, 0.1) is 25.4 Å². The maximum Gasteiger partial charge on any atom is 0.191 e. The summed E-state index contributed by atoms with van der Waals surface area (Å²) in [4.78, 5) is 9.41. The molecule has 2 aliphatic rings. The van der Waals surface area contributed by atoms with Crippen molar-refractivity contribution < 1.29 is 9.84 Å². The molecule has 7 nitrogen and oxygen atoms in total. The van der Waals surface area contributed by atoms with E-state index in [4.69, 9.17) is 4.74 Å². The molecule has 1 heterocycles. The van der Waals surface area contributed by atoms with Crippen LogP contribution >= 0.6 is 24.0 Å². The van der Waals surface area contributed by atoms with Gasteiger partial charge in [-0.1, -0.05) is 19.3 Å². The molecule has 2 rings (SSSR count). The van der Waals surface area contributed by atoms with Crippen LogP contribution in [-0.4, -0.2) is 98.6 Å². The van der Waals surface area contributed by atoms with Crippen molar-refractivity contribution in [2.24, 2.45) is 4.99 Å². The fourth-order valence-electron chi connectivity index (χ4n) is 4.12. The van der Waals surface area contributed by atoms with Crippen LogP contribution in [0.3, 0.4) is 0 Å². The highest BCUT2D eigenvalue weighted by Gasteiger charge is 2.25. The minimum atomic E-state index is -0.832. The first-order chi connectivity index (χ1) is 13.5. The Labute approximate surface area is 195 Å². The lowest BCUT2D eigenvalue weighted by atomic mass is 9.94. The molecule has 0 aromatic rings. The van der Waals surface area contributed by atoms with E-state index < -0.39 is 5.60 Å². The molecule has 0 bridgehead atoms. The van der Waals surface area contributed by atoms with Crippen LogP contribution < -0.4 is 10.6 Å². The van der Waals surface area contributed by atoms with E-state index in [1.165, 1.54) is 32.1 Å². The molecule has 2 fully saturated rings. The maximum absolute atomic E-state index is 10.7. The Hall–Kier alpha value is -0.160. The van der Waals surface area contributed by atoms with E-state index in [2.05, 4.69) is 39.4 Å². The Morgan fingerprint density at radius 1 is 1.21 bits per heavy atom. The molecule has 1 atom stereocenters. The van der Waals surface area contributed by atoms with Gasteiger partial charge in [0.15, 0.2) is 5.96 Å². The van der Waals surface area contributed by atoms with Crippen LogP contribution in [0.2, 0.25) is 0 Å². The molecule has 1 saturated carbocycles. The second-order valence-electron chi connectivity index (χ2n) is 8.63. The second-order valence-corrected chi connectivity index (χ2v) is 8.63. The molecular weight excluding hydrogens is 481 g/mol. The van der Waals surface area contributed by atoms with E-state index in [1.54, 1.807) is 0 Å². The van der Waals surface area contributed by atoms with E-state index in [-0.39, 0.29) is 24.0 Å². The van der Waals surface area contributed by atoms with Crippen LogP contribution in [0.15, 0.2) is 4.99 Å². The number of ether oxygens (including phenoxy) is 1. The lowest BCUT2D eigenvalue weighted by Crippen LogP contribution is -2.48. The summed E-state index contributed by atoms with van der Waals surface area (Å²) in [5, 5.41) is 17.4. The third-order valence-electron chi connectivity index (χ3n) is 5.77. The van der Waals surface area contributed by atoms with Crippen LogP contribution in [0.4, 0.5) is 0 Å². The average Bonchev–Trinajstić information content (AvgIpc) is 2.70. The van der Waals surface area contributed by atoms with Crippen LogP contribution in [0, 0.1) is 0 Å². The van der Waals surface area contributed by atoms with Gasteiger partial charge in [-0.25, -0.2) is 0 Å². The summed E-state index contributed by atoms with van der Waals surface area (Å²) in [5.41, 5.74) is -0.832. The molecule has 172 valence electrons. The minimum absolute atomic E-state index is 0. The van der Waals surface area contributed by atoms with Gasteiger partial charge in [0.1, 0.15) is 0 Å². The second kappa shape index (κ2) is 14.8. The highest BCUT2D eigenvalue weighted by Crippen LogP contribution is 2.21. The standard InChI is InChI=1S/C21H43N5O2.HI/c1-4-22-20(23-11-8-12-25(3)19-9-6-5-7-10-19)24-17-21(2,27)18-26-13-15-28-16-14-26;/h19,27H,4-18H2,1-3H3,(H2,22,23,24);1H. The van der Waals surface area contributed by atoms with Crippen LogP contribution in [-0.2, 0) is 4.74 Å². The van der Waals surface area contributed by atoms with Crippen molar-refractivity contribution >= 4 is 29.9 Å². The zero-order chi connectivity index (χ0) is 20.2. The zero-order valence-electron chi connectivity index (χ0n) is 18.8. The lowest BCUT2D eigenvalue weighted by Gasteiger charge is -2.33. The molecule has 0 amide bonds. The van der Waals surface area contributed by atoms with E-state index in [0.29, 0.717) is 13.1 Å². The molecule has 0 aromatic carbocycles. The predicted octanol–water partition coefficient (Wildman–Crippen LogP) is 1.90. The molecule has 3 N–H and O–H groups in total. The molecule has 0 radical (unpaired) electrons. The summed E-state index contributed by atoms with van der Waals surface area (Å²) in [7, 11) is 2.26. The van der Waals surface area contributed by atoms with Gasteiger partial charge in [0.2, 0.25) is 0 Å². The predicted molar refractivity (Wildman–Crippen MR) is 131 cm³/mol. The summed E-state index contributed by atoms with van der Waals surface area (Å²) in [5.74, 6) is 0.796. The first-order valence-corrected chi connectivity index (χ1v) is 11.2. The molecule has 1 saturated heterocycles. The molecule has 0 spiro atoms. The Balaban J connectivity index is 0.00000420. The fourth-order valence-corrected chi connectivity index (χ4v) is 4.12. The number of morpholine rings is 1. The average molecular weight is 526 g/mol. The van der Waals surface area contributed by atoms with Crippen molar-refractivity contribution in [1.82, 2.24) is 20.4 Å². The topological polar surface area (TPSA) is 72.4 Å². The number of nitrogens with one attached hydrogen (secondary N) is 2. The number of nitrogens with zero attached hydrogens (tertiary/aromatic N) is 3. The summed E-state index contributed by atoms with van der Waals surface area (Å²) in [6.07, 6.45) is 7.98. The lowest BCUT2D eigenvalue weighted by molar-refractivity contribution is -0.0179. The van der Waals surface area contributed by atoms with Gasteiger partial charge < -0.3 is 25.4 Å². The van der Waals surface area contributed by atoms with Crippen molar-refractivity contribution in [3.63, 3.8) is 0 Å². The number of β-amino-alcohol motifs (C(OH)–C–C–N with tert-alkyl or cyclic N) is 1. The van der Waals surface area contributed by atoms with Gasteiger partial charge in [-0.15, -0.1) is 24.0 Å². The Bertz CT molecular complexity index is 452. The van der Waals surface area contributed by atoms with E-state index in [9.17, 15) is 5.11 Å². The third kappa shape index (κ3) is 11.1. The molecule has 1 aliphatic heterocycles. The van der Waals surface area contributed by atoms with Crippen molar-refractivity contribution in [2.45, 2.75) is 64.0 Å². The fraction of sp³-hybridized carbons (Fsp3) is 0.952. The molecule has 29 heavy (non-hydrogen) atoms. The van der Waals surface area contributed by atoms with Crippen LogP contribution in [0.5, 0.6) is 0 Å². The normalized spacial score (nSPS) is 21.5. The first-order valence-electron chi connectivity index (χ1n) is 11.2. The molecule has 1 aliphatic carbocycles. The number of halogens is 1.